The summed E-state index contributed by atoms with van der Waals surface area (Å²) in [7, 11) is 1.55. The summed E-state index contributed by atoms with van der Waals surface area (Å²) < 4.78 is 10.8. The molecule has 21 heavy (non-hydrogen) atoms. The van der Waals surface area contributed by atoms with Gasteiger partial charge in [0.15, 0.2) is 11.5 Å². The second kappa shape index (κ2) is 7.52. The summed E-state index contributed by atoms with van der Waals surface area (Å²) in [5.41, 5.74) is 6.08. The molecule has 118 valence electrons. The molecule has 0 fully saturated rings. The fourth-order valence-corrected chi connectivity index (χ4v) is 1.92. The molecule has 0 spiro atoms. The maximum absolute atomic E-state index is 10.7. The Morgan fingerprint density at radius 2 is 2.05 bits per heavy atom. The van der Waals surface area contributed by atoms with Gasteiger partial charge in [-0.15, -0.1) is 0 Å². The molecule has 1 aromatic carbocycles. The minimum Gasteiger partial charge on any atom is -0.493 e. The smallest absolute Gasteiger partial charge is 0.220 e. The summed E-state index contributed by atoms with van der Waals surface area (Å²) in [5.74, 6) is 0.550. The molecule has 0 saturated heterocycles. The van der Waals surface area contributed by atoms with Crippen LogP contribution in [0.3, 0.4) is 0 Å². The van der Waals surface area contributed by atoms with E-state index in [1.54, 1.807) is 7.11 Å². The summed E-state index contributed by atoms with van der Waals surface area (Å²) in [5, 5.41) is 3.83. The van der Waals surface area contributed by atoms with Gasteiger partial charge >= 0.3 is 0 Å². The van der Waals surface area contributed by atoms with Crippen molar-refractivity contribution < 1.29 is 14.3 Å². The molecule has 0 heterocycles. The zero-order valence-electron chi connectivity index (χ0n) is 13.0. The van der Waals surface area contributed by atoms with E-state index >= 15 is 0 Å². The monoisotopic (exact) mass is 314 g/mol. The number of primary amides is 1. The number of nitrogens with one attached hydrogen (secondary N) is 1. The number of benzene rings is 1. The van der Waals surface area contributed by atoms with Crippen LogP contribution in [-0.4, -0.2) is 25.2 Å². The van der Waals surface area contributed by atoms with Crippen LogP contribution in [0.1, 0.15) is 32.8 Å². The third-order valence-electron chi connectivity index (χ3n) is 2.71. The van der Waals surface area contributed by atoms with E-state index in [2.05, 4.69) is 26.1 Å². The van der Waals surface area contributed by atoms with Crippen LogP contribution in [0.5, 0.6) is 11.5 Å². The van der Waals surface area contributed by atoms with Gasteiger partial charge in [-0.2, -0.15) is 0 Å². The lowest BCUT2D eigenvalue weighted by Crippen LogP contribution is -2.35. The topological polar surface area (TPSA) is 73.6 Å². The van der Waals surface area contributed by atoms with Crippen molar-refractivity contribution in [2.75, 3.05) is 13.7 Å². The van der Waals surface area contributed by atoms with Crippen molar-refractivity contribution in [3.8, 4) is 11.5 Å². The Bertz CT molecular complexity index is 498. The molecule has 0 atom stereocenters. The van der Waals surface area contributed by atoms with Gasteiger partial charge in [0.1, 0.15) is 0 Å². The molecule has 1 amide bonds. The van der Waals surface area contributed by atoms with E-state index in [-0.39, 0.29) is 18.6 Å². The zero-order chi connectivity index (χ0) is 16.0. The normalized spacial score (nSPS) is 11.3. The van der Waals surface area contributed by atoms with Crippen molar-refractivity contribution in [2.45, 2.75) is 39.3 Å². The number of ether oxygens (including phenoxy) is 2. The Morgan fingerprint density at radius 3 is 2.57 bits per heavy atom. The highest BCUT2D eigenvalue weighted by Gasteiger charge is 2.14. The number of carbonyl (C=O) groups is 1. The van der Waals surface area contributed by atoms with Gasteiger partial charge in [-0.25, -0.2) is 0 Å². The Hall–Kier alpha value is -1.46. The van der Waals surface area contributed by atoms with E-state index in [4.69, 9.17) is 26.8 Å². The molecule has 1 aromatic rings. The van der Waals surface area contributed by atoms with Crippen LogP contribution in [-0.2, 0) is 11.3 Å². The van der Waals surface area contributed by atoms with E-state index in [0.717, 1.165) is 5.56 Å². The lowest BCUT2D eigenvalue weighted by molar-refractivity contribution is -0.118. The molecule has 0 unspecified atom stereocenters. The van der Waals surface area contributed by atoms with Crippen LogP contribution in [0, 0.1) is 0 Å². The number of amides is 1. The maximum Gasteiger partial charge on any atom is 0.220 e. The maximum atomic E-state index is 10.7. The Kier molecular flexibility index (Phi) is 6.30. The average Bonchev–Trinajstić information content (AvgIpc) is 2.37. The summed E-state index contributed by atoms with van der Waals surface area (Å²) in [6.07, 6.45) is 0.132. The van der Waals surface area contributed by atoms with Crippen molar-refractivity contribution in [3.05, 3.63) is 22.7 Å². The second-order valence-corrected chi connectivity index (χ2v) is 6.18. The van der Waals surface area contributed by atoms with Crippen molar-refractivity contribution in [1.82, 2.24) is 5.32 Å². The standard InChI is InChI=1S/C15H23ClN2O3/c1-15(2,3)18-9-10-7-11(16)14(12(8-10)20-4)21-6-5-13(17)19/h7-8,18H,5-6,9H2,1-4H3,(H2,17,19). The molecule has 0 aliphatic carbocycles. The first-order chi connectivity index (χ1) is 9.73. The number of carbonyl (C=O) groups excluding carboxylic acids is 1. The van der Waals surface area contributed by atoms with Crippen molar-refractivity contribution in [2.24, 2.45) is 5.73 Å². The fraction of sp³-hybridized carbons (Fsp3) is 0.533. The lowest BCUT2D eigenvalue weighted by Gasteiger charge is -2.21. The number of hydrogen-bond acceptors (Lipinski definition) is 4. The zero-order valence-corrected chi connectivity index (χ0v) is 13.7. The quantitative estimate of drug-likeness (QED) is 0.811. The average molecular weight is 315 g/mol. The molecule has 1 rings (SSSR count). The Balaban J connectivity index is 2.84. The van der Waals surface area contributed by atoms with Crippen LogP contribution in [0.25, 0.3) is 0 Å². The van der Waals surface area contributed by atoms with Gasteiger partial charge < -0.3 is 20.5 Å². The minimum absolute atomic E-state index is 0.0103. The van der Waals surface area contributed by atoms with Gasteiger partial charge in [-0.1, -0.05) is 11.6 Å². The van der Waals surface area contributed by atoms with Gasteiger partial charge in [0.25, 0.3) is 0 Å². The van der Waals surface area contributed by atoms with E-state index in [1.807, 2.05) is 12.1 Å². The summed E-state index contributed by atoms with van der Waals surface area (Å²) >= 11 is 6.23. The highest BCUT2D eigenvalue weighted by molar-refractivity contribution is 6.32. The molecule has 0 aliphatic heterocycles. The third-order valence-corrected chi connectivity index (χ3v) is 2.99. The SMILES string of the molecule is COc1cc(CNC(C)(C)C)cc(Cl)c1OCCC(N)=O. The van der Waals surface area contributed by atoms with Crippen molar-refractivity contribution in [1.29, 1.82) is 0 Å². The van der Waals surface area contributed by atoms with Gasteiger partial charge in [-0.3, -0.25) is 4.79 Å². The van der Waals surface area contributed by atoms with E-state index in [0.29, 0.717) is 23.1 Å². The molecule has 0 saturated carbocycles. The summed E-state index contributed by atoms with van der Waals surface area (Å²) in [4.78, 5) is 10.7. The first kappa shape index (κ1) is 17.6. The number of nitrogens with two attached hydrogens (primary N) is 1. The van der Waals surface area contributed by atoms with E-state index < -0.39 is 5.91 Å². The van der Waals surface area contributed by atoms with E-state index in [1.165, 1.54) is 0 Å². The lowest BCUT2D eigenvalue weighted by atomic mass is 10.1. The highest BCUT2D eigenvalue weighted by Crippen LogP contribution is 2.36. The third kappa shape index (κ3) is 6.23. The van der Waals surface area contributed by atoms with Gasteiger partial charge in [0.05, 0.1) is 25.2 Å². The molecule has 5 nitrogen and oxygen atoms in total. The molecule has 0 radical (unpaired) electrons. The van der Waals surface area contributed by atoms with Crippen LogP contribution in [0.15, 0.2) is 12.1 Å². The highest BCUT2D eigenvalue weighted by atomic mass is 35.5. The van der Waals surface area contributed by atoms with Crippen LogP contribution in [0.2, 0.25) is 5.02 Å². The molecule has 0 aromatic heterocycles. The fourth-order valence-electron chi connectivity index (χ4n) is 1.64. The van der Waals surface area contributed by atoms with Gasteiger partial charge in [0, 0.05) is 12.1 Å². The van der Waals surface area contributed by atoms with Crippen LogP contribution in [0.4, 0.5) is 0 Å². The van der Waals surface area contributed by atoms with Crippen molar-refractivity contribution >= 4 is 17.5 Å². The Labute approximate surface area is 130 Å². The number of methoxy groups -OCH3 is 1. The first-order valence-electron chi connectivity index (χ1n) is 6.75. The number of hydrogen-bond donors (Lipinski definition) is 2. The molecule has 0 bridgehead atoms. The Morgan fingerprint density at radius 1 is 1.38 bits per heavy atom. The summed E-state index contributed by atoms with van der Waals surface area (Å²) in [6, 6.07) is 3.69. The molecule has 0 aliphatic rings. The largest absolute Gasteiger partial charge is 0.493 e. The molecule has 3 N–H and O–H groups in total. The predicted octanol–water partition coefficient (Wildman–Crippen LogP) is 2.49. The number of halogens is 1. The van der Waals surface area contributed by atoms with Crippen LogP contribution < -0.4 is 20.5 Å². The molecular weight excluding hydrogens is 292 g/mol. The molecular formula is C15H23ClN2O3. The predicted molar refractivity (Wildman–Crippen MR) is 83.9 cm³/mol. The first-order valence-corrected chi connectivity index (χ1v) is 7.13. The van der Waals surface area contributed by atoms with Gasteiger partial charge in [0.2, 0.25) is 5.91 Å². The van der Waals surface area contributed by atoms with Crippen LogP contribution >= 0.6 is 11.6 Å². The summed E-state index contributed by atoms with van der Waals surface area (Å²) in [6.45, 7) is 7.11. The molecule has 6 heteroatoms. The van der Waals surface area contributed by atoms with Gasteiger partial charge in [-0.05, 0) is 38.5 Å². The van der Waals surface area contributed by atoms with E-state index in [9.17, 15) is 4.79 Å². The van der Waals surface area contributed by atoms with Crippen molar-refractivity contribution in [3.63, 3.8) is 0 Å². The minimum atomic E-state index is -0.420. The second-order valence-electron chi connectivity index (χ2n) is 5.78. The number of rotatable bonds is 7.